The maximum absolute atomic E-state index is 12.6. The van der Waals surface area contributed by atoms with Gasteiger partial charge in [-0.2, -0.15) is 13.2 Å². The van der Waals surface area contributed by atoms with Crippen LogP contribution in [0.2, 0.25) is 0 Å². The van der Waals surface area contributed by atoms with E-state index in [4.69, 9.17) is 14.5 Å². The van der Waals surface area contributed by atoms with Gasteiger partial charge in [-0.1, -0.05) is 0 Å². The van der Waals surface area contributed by atoms with Crippen LogP contribution in [-0.2, 0) is 13.0 Å². The average Bonchev–Trinajstić information content (AvgIpc) is 3.15. The predicted octanol–water partition coefficient (Wildman–Crippen LogP) is 2.91. The third-order valence-corrected chi connectivity index (χ3v) is 5.62. The Morgan fingerprint density at radius 3 is 2.50 bits per heavy atom. The Hall–Kier alpha value is -2.16. The zero-order valence-corrected chi connectivity index (χ0v) is 17.9. The highest BCUT2D eigenvalue weighted by Crippen LogP contribution is 2.33. The van der Waals surface area contributed by atoms with E-state index in [1.165, 1.54) is 16.0 Å². The van der Waals surface area contributed by atoms with Gasteiger partial charge in [0.15, 0.2) is 17.5 Å². The fourth-order valence-corrected chi connectivity index (χ4v) is 4.16. The Morgan fingerprint density at radius 2 is 1.87 bits per heavy atom. The van der Waals surface area contributed by atoms with E-state index in [1.54, 1.807) is 14.2 Å². The number of likely N-dealkylation sites (tertiary alicyclic amines) is 1. The molecule has 0 aromatic heterocycles. The van der Waals surface area contributed by atoms with Gasteiger partial charge in [-0.25, -0.2) is 0 Å². The van der Waals surface area contributed by atoms with Gasteiger partial charge in [0, 0.05) is 32.7 Å². The van der Waals surface area contributed by atoms with E-state index in [9.17, 15) is 13.2 Å². The van der Waals surface area contributed by atoms with Crippen molar-refractivity contribution in [3.8, 4) is 11.5 Å². The molecule has 30 heavy (non-hydrogen) atoms. The van der Waals surface area contributed by atoms with Gasteiger partial charge in [-0.15, -0.1) is 0 Å². The third kappa shape index (κ3) is 5.71. The molecule has 3 rings (SSSR count). The topological polar surface area (TPSA) is 49.3 Å². The minimum Gasteiger partial charge on any atom is -0.493 e. The fraction of sp³-hybridized carbons (Fsp3) is 0.667. The second-order valence-corrected chi connectivity index (χ2v) is 7.85. The molecule has 2 aliphatic rings. The summed E-state index contributed by atoms with van der Waals surface area (Å²) in [7, 11) is 3.26. The highest BCUT2D eigenvalue weighted by molar-refractivity contribution is 5.80. The SMILES string of the molecule is CCNC(=NCC1CCN(CC(F)(F)F)C1)N1CCc2cc(OC)c(OC)cc2C1. The molecule has 0 spiro atoms. The molecule has 0 bridgehead atoms. The normalized spacial score (nSPS) is 20.3. The van der Waals surface area contributed by atoms with Gasteiger partial charge in [0.2, 0.25) is 0 Å². The first-order valence-electron chi connectivity index (χ1n) is 10.4. The maximum Gasteiger partial charge on any atom is 0.401 e. The maximum atomic E-state index is 12.6. The van der Waals surface area contributed by atoms with Crippen LogP contribution in [0.25, 0.3) is 0 Å². The first-order valence-corrected chi connectivity index (χ1v) is 10.4. The van der Waals surface area contributed by atoms with Gasteiger partial charge >= 0.3 is 6.18 Å². The zero-order valence-electron chi connectivity index (χ0n) is 17.9. The second-order valence-electron chi connectivity index (χ2n) is 7.85. The Kier molecular flexibility index (Phi) is 7.33. The average molecular weight is 428 g/mol. The van der Waals surface area contributed by atoms with Crippen LogP contribution in [0, 0.1) is 5.92 Å². The van der Waals surface area contributed by atoms with E-state index >= 15 is 0 Å². The Labute approximate surface area is 176 Å². The first-order chi connectivity index (χ1) is 14.3. The van der Waals surface area contributed by atoms with Crippen LogP contribution >= 0.6 is 0 Å². The van der Waals surface area contributed by atoms with Crippen LogP contribution in [0.1, 0.15) is 24.5 Å². The lowest BCUT2D eigenvalue weighted by atomic mass is 9.99. The minimum atomic E-state index is -4.14. The number of halogens is 3. The smallest absolute Gasteiger partial charge is 0.401 e. The third-order valence-electron chi connectivity index (χ3n) is 5.62. The molecule has 168 valence electrons. The van der Waals surface area contributed by atoms with E-state index in [-0.39, 0.29) is 5.92 Å². The highest BCUT2D eigenvalue weighted by atomic mass is 19.4. The van der Waals surface area contributed by atoms with Crippen LogP contribution in [-0.4, -0.2) is 75.4 Å². The summed E-state index contributed by atoms with van der Waals surface area (Å²) in [6, 6.07) is 4.04. The molecule has 1 unspecified atom stereocenters. The van der Waals surface area contributed by atoms with E-state index in [0.29, 0.717) is 31.9 Å². The summed E-state index contributed by atoms with van der Waals surface area (Å²) >= 11 is 0. The molecular formula is C21H31F3N4O2. The van der Waals surface area contributed by atoms with Gasteiger partial charge in [-0.3, -0.25) is 9.89 Å². The summed E-state index contributed by atoms with van der Waals surface area (Å²) < 4.78 is 48.7. The highest BCUT2D eigenvalue weighted by Gasteiger charge is 2.34. The molecule has 0 amide bonds. The Morgan fingerprint density at radius 1 is 1.17 bits per heavy atom. The number of benzene rings is 1. The van der Waals surface area contributed by atoms with Crippen LogP contribution in [0.3, 0.4) is 0 Å². The number of fused-ring (bicyclic) bond motifs is 1. The molecule has 1 aromatic rings. The lowest BCUT2D eigenvalue weighted by Crippen LogP contribution is -2.44. The molecule has 1 aromatic carbocycles. The van der Waals surface area contributed by atoms with E-state index in [1.807, 2.05) is 19.1 Å². The van der Waals surface area contributed by atoms with Crippen molar-refractivity contribution in [3.05, 3.63) is 23.3 Å². The molecular weight excluding hydrogens is 397 g/mol. The van der Waals surface area contributed by atoms with E-state index in [2.05, 4.69) is 10.2 Å². The molecule has 1 atom stereocenters. The van der Waals surface area contributed by atoms with Crippen LogP contribution < -0.4 is 14.8 Å². The largest absolute Gasteiger partial charge is 0.493 e. The summed E-state index contributed by atoms with van der Waals surface area (Å²) in [4.78, 5) is 8.44. The molecule has 1 fully saturated rings. The van der Waals surface area contributed by atoms with Crippen molar-refractivity contribution in [3.63, 3.8) is 0 Å². The Bertz CT molecular complexity index is 755. The standard InChI is InChI=1S/C21H31F3N4O2/c1-4-25-20(26-11-15-5-7-27(12-15)14-21(22,23)24)28-8-6-16-9-18(29-2)19(30-3)10-17(16)13-28/h9-10,15H,4-8,11-14H2,1-3H3,(H,25,26). The molecule has 0 saturated carbocycles. The van der Waals surface area contributed by atoms with Crippen LogP contribution in [0.15, 0.2) is 17.1 Å². The van der Waals surface area contributed by atoms with Crippen LogP contribution in [0.4, 0.5) is 13.2 Å². The summed E-state index contributed by atoms with van der Waals surface area (Å²) in [5.41, 5.74) is 2.40. The minimum absolute atomic E-state index is 0.155. The lowest BCUT2D eigenvalue weighted by Gasteiger charge is -2.32. The number of methoxy groups -OCH3 is 2. The number of aliphatic imine (C=N–C) groups is 1. The van der Waals surface area contributed by atoms with E-state index in [0.717, 1.165) is 37.6 Å². The molecule has 1 saturated heterocycles. The van der Waals surface area contributed by atoms with Crippen molar-refractivity contribution >= 4 is 5.96 Å². The van der Waals surface area contributed by atoms with Crippen molar-refractivity contribution < 1.29 is 22.6 Å². The lowest BCUT2D eigenvalue weighted by molar-refractivity contribution is -0.143. The van der Waals surface area contributed by atoms with Crippen molar-refractivity contribution in [1.82, 2.24) is 15.1 Å². The molecule has 9 heteroatoms. The molecule has 2 aliphatic heterocycles. The molecule has 1 N–H and O–H groups in total. The van der Waals surface area contributed by atoms with Gasteiger partial charge in [0.1, 0.15) is 0 Å². The first kappa shape index (κ1) is 22.5. The molecule has 6 nitrogen and oxygen atoms in total. The summed E-state index contributed by atoms with van der Waals surface area (Å²) in [5, 5.41) is 3.33. The second kappa shape index (κ2) is 9.76. The van der Waals surface area contributed by atoms with Crippen molar-refractivity contribution in [2.24, 2.45) is 10.9 Å². The molecule has 0 aliphatic carbocycles. The van der Waals surface area contributed by atoms with Crippen molar-refractivity contribution in [2.45, 2.75) is 32.5 Å². The number of hydrogen-bond donors (Lipinski definition) is 1. The van der Waals surface area contributed by atoms with Crippen molar-refractivity contribution in [2.75, 3.05) is 53.5 Å². The number of rotatable bonds is 6. The zero-order chi connectivity index (χ0) is 21.7. The van der Waals surface area contributed by atoms with Crippen molar-refractivity contribution in [1.29, 1.82) is 0 Å². The number of alkyl halides is 3. The van der Waals surface area contributed by atoms with Gasteiger partial charge in [0.05, 0.1) is 20.8 Å². The predicted molar refractivity (Wildman–Crippen MR) is 110 cm³/mol. The summed E-state index contributed by atoms with van der Waals surface area (Å²) in [6.07, 6.45) is -2.53. The number of guanidine groups is 1. The molecule has 2 heterocycles. The number of nitrogens with one attached hydrogen (secondary N) is 1. The summed E-state index contributed by atoms with van der Waals surface area (Å²) in [5.74, 6) is 2.40. The quantitative estimate of drug-likeness (QED) is 0.558. The van der Waals surface area contributed by atoms with E-state index < -0.39 is 12.7 Å². The summed E-state index contributed by atoms with van der Waals surface area (Å²) in [6.45, 7) is 4.90. The Balaban J connectivity index is 1.65. The monoisotopic (exact) mass is 428 g/mol. The van der Waals surface area contributed by atoms with Gasteiger partial charge in [0.25, 0.3) is 0 Å². The van der Waals surface area contributed by atoms with Gasteiger partial charge in [-0.05, 0) is 55.5 Å². The fourth-order valence-electron chi connectivity index (χ4n) is 4.16. The van der Waals surface area contributed by atoms with Crippen LogP contribution in [0.5, 0.6) is 11.5 Å². The number of ether oxygens (including phenoxy) is 2. The van der Waals surface area contributed by atoms with Gasteiger partial charge < -0.3 is 19.7 Å². The number of hydrogen-bond acceptors (Lipinski definition) is 4. The number of nitrogens with zero attached hydrogens (tertiary/aromatic N) is 3. The molecule has 0 radical (unpaired) electrons.